The molecule has 0 spiro atoms. The average Bonchev–Trinajstić information content (AvgIpc) is 3.25. The van der Waals surface area contributed by atoms with Crippen molar-refractivity contribution in [1.82, 2.24) is 9.97 Å². The summed E-state index contributed by atoms with van der Waals surface area (Å²) < 4.78 is 30.0. The van der Waals surface area contributed by atoms with Crippen LogP contribution >= 0.6 is 11.3 Å². The van der Waals surface area contributed by atoms with Gasteiger partial charge in [0.25, 0.3) is 5.91 Å². The molecule has 0 aliphatic rings. The number of nitrogens with one attached hydrogen (secondary N) is 1. The zero-order valence-corrected chi connectivity index (χ0v) is 21.9. The summed E-state index contributed by atoms with van der Waals surface area (Å²) >= 11 is 1.22. The molecule has 0 aliphatic heterocycles. The first-order valence-corrected chi connectivity index (χ1v) is 13.6. The minimum Gasteiger partial charge on any atom is -0.396 e. The molecule has 3 aromatic rings. The predicted octanol–water partition coefficient (Wildman–Crippen LogP) is 2.31. The van der Waals surface area contributed by atoms with Crippen LogP contribution in [-0.4, -0.2) is 81.9 Å². The van der Waals surface area contributed by atoms with Crippen molar-refractivity contribution in [2.75, 3.05) is 57.0 Å². The van der Waals surface area contributed by atoms with Gasteiger partial charge in [-0.25, -0.2) is 18.4 Å². The first-order valence-electron chi connectivity index (χ1n) is 11.1. The number of rotatable bonds is 13. The number of carbonyl (C=O) groups excluding carboxylic acids is 1. The van der Waals surface area contributed by atoms with Crippen LogP contribution < -0.4 is 10.2 Å². The Morgan fingerprint density at radius 3 is 2.53 bits per heavy atom. The SMILES string of the molecule is COCCCS(=O)(=O)c1ccc(/C(=N\OCCCO)C(=O)Nc2nc3ccc(N(C)C)nc3s2)cc1. The molecule has 36 heavy (non-hydrogen) atoms. The van der Waals surface area contributed by atoms with Crippen LogP contribution in [0.3, 0.4) is 0 Å². The van der Waals surface area contributed by atoms with Gasteiger partial charge in [0.15, 0.2) is 20.7 Å². The van der Waals surface area contributed by atoms with Crippen LogP contribution in [0.1, 0.15) is 18.4 Å². The lowest BCUT2D eigenvalue weighted by Crippen LogP contribution is -2.24. The van der Waals surface area contributed by atoms with Crippen LogP contribution in [0.25, 0.3) is 10.3 Å². The smallest absolute Gasteiger partial charge is 0.280 e. The predicted molar refractivity (Wildman–Crippen MR) is 140 cm³/mol. The van der Waals surface area contributed by atoms with Crippen molar-refractivity contribution in [3.63, 3.8) is 0 Å². The average molecular weight is 536 g/mol. The summed E-state index contributed by atoms with van der Waals surface area (Å²) in [6, 6.07) is 9.51. The Bertz CT molecular complexity index is 1310. The molecular weight excluding hydrogens is 506 g/mol. The van der Waals surface area contributed by atoms with E-state index in [4.69, 9.17) is 14.7 Å². The second-order valence-corrected chi connectivity index (χ2v) is 11.0. The number of anilines is 2. The fraction of sp³-hybridized carbons (Fsp3) is 0.391. The summed E-state index contributed by atoms with van der Waals surface area (Å²) in [5.74, 6) is 0.134. The maximum atomic E-state index is 13.1. The minimum absolute atomic E-state index is 0.0485. The zero-order chi connectivity index (χ0) is 26.1. The van der Waals surface area contributed by atoms with E-state index in [2.05, 4.69) is 20.4 Å². The number of thiazole rings is 1. The lowest BCUT2D eigenvalue weighted by molar-refractivity contribution is -0.110. The number of methoxy groups -OCH3 is 1. The summed E-state index contributed by atoms with van der Waals surface area (Å²) in [7, 11) is 1.79. The highest BCUT2D eigenvalue weighted by atomic mass is 32.2. The van der Waals surface area contributed by atoms with Crippen molar-refractivity contribution in [1.29, 1.82) is 0 Å². The van der Waals surface area contributed by atoms with Crippen LogP contribution in [0.4, 0.5) is 10.9 Å². The maximum absolute atomic E-state index is 13.1. The standard InChI is InChI=1S/C23H29N5O6S2/c1-28(2)19-11-10-18-22(25-19)35-23(24-18)26-21(30)20(27-34-14-4-12-29)16-6-8-17(9-7-16)36(31,32)15-5-13-33-3/h6-11,29H,4-5,12-15H2,1-3H3,(H,24,26,30)/b27-20+. The Labute approximate surface area is 213 Å². The van der Waals surface area contributed by atoms with Gasteiger partial charge in [-0.3, -0.25) is 10.1 Å². The van der Waals surface area contributed by atoms with Gasteiger partial charge in [-0.2, -0.15) is 0 Å². The minimum atomic E-state index is -3.49. The van der Waals surface area contributed by atoms with Crippen LogP contribution in [0.5, 0.6) is 0 Å². The normalized spacial score (nSPS) is 12.1. The zero-order valence-electron chi connectivity index (χ0n) is 20.3. The topological polar surface area (TPSA) is 143 Å². The molecule has 11 nitrogen and oxygen atoms in total. The molecule has 2 heterocycles. The quantitative estimate of drug-likeness (QED) is 0.191. The van der Waals surface area contributed by atoms with Gasteiger partial charge < -0.3 is 19.6 Å². The van der Waals surface area contributed by atoms with E-state index in [-0.39, 0.29) is 29.6 Å². The number of nitrogens with zero attached hydrogens (tertiary/aromatic N) is 4. The Balaban J connectivity index is 1.83. The highest BCUT2D eigenvalue weighted by Gasteiger charge is 2.20. The van der Waals surface area contributed by atoms with Gasteiger partial charge in [0.05, 0.1) is 10.6 Å². The van der Waals surface area contributed by atoms with Gasteiger partial charge in [0.1, 0.15) is 22.8 Å². The van der Waals surface area contributed by atoms with Gasteiger partial charge in [-0.15, -0.1) is 0 Å². The number of hydrogen-bond acceptors (Lipinski definition) is 11. The van der Waals surface area contributed by atoms with Crippen LogP contribution in [0.2, 0.25) is 0 Å². The molecule has 3 rings (SSSR count). The van der Waals surface area contributed by atoms with E-state index in [9.17, 15) is 13.2 Å². The first kappa shape index (κ1) is 27.5. The number of fused-ring (bicyclic) bond motifs is 1. The third-order valence-corrected chi connectivity index (χ3v) is 7.63. The lowest BCUT2D eigenvalue weighted by atomic mass is 10.1. The molecule has 13 heteroatoms. The molecule has 0 fully saturated rings. The summed E-state index contributed by atoms with van der Waals surface area (Å²) in [5.41, 5.74) is 0.945. The number of benzene rings is 1. The maximum Gasteiger partial charge on any atom is 0.280 e. The van der Waals surface area contributed by atoms with Crippen LogP contribution in [0.15, 0.2) is 46.4 Å². The fourth-order valence-corrected chi connectivity index (χ4v) is 5.17. The summed E-state index contributed by atoms with van der Waals surface area (Å²) in [6.45, 7) is 0.370. The van der Waals surface area contributed by atoms with Crippen molar-refractivity contribution in [3.05, 3.63) is 42.0 Å². The molecule has 1 aromatic carbocycles. The molecule has 2 N–H and O–H groups in total. The number of amides is 1. The van der Waals surface area contributed by atoms with Crippen molar-refractivity contribution in [3.8, 4) is 0 Å². The van der Waals surface area contributed by atoms with E-state index < -0.39 is 15.7 Å². The van der Waals surface area contributed by atoms with Crippen LogP contribution in [-0.2, 0) is 24.2 Å². The largest absolute Gasteiger partial charge is 0.396 e. The Morgan fingerprint density at radius 2 is 1.86 bits per heavy atom. The molecule has 0 saturated heterocycles. The van der Waals surface area contributed by atoms with E-state index in [1.165, 1.54) is 42.7 Å². The highest BCUT2D eigenvalue weighted by Crippen LogP contribution is 2.26. The molecule has 0 aliphatic carbocycles. The number of oxime groups is 1. The number of carbonyl (C=O) groups is 1. The number of pyridine rings is 1. The number of aliphatic hydroxyl groups excluding tert-OH is 1. The molecule has 1 amide bonds. The van der Waals surface area contributed by atoms with Crippen molar-refractivity contribution < 1.29 is 27.9 Å². The van der Waals surface area contributed by atoms with E-state index in [1.807, 2.05) is 31.1 Å². The van der Waals surface area contributed by atoms with Crippen molar-refractivity contribution >= 4 is 54.1 Å². The third-order valence-electron chi connectivity index (χ3n) is 4.93. The molecule has 2 aromatic heterocycles. The number of sulfone groups is 1. The highest BCUT2D eigenvalue weighted by molar-refractivity contribution is 7.91. The Kier molecular flexibility index (Phi) is 9.70. The van der Waals surface area contributed by atoms with Crippen LogP contribution in [0, 0.1) is 0 Å². The molecule has 0 saturated carbocycles. The number of ether oxygens (including phenoxy) is 1. The molecule has 0 unspecified atom stereocenters. The summed E-state index contributed by atoms with van der Waals surface area (Å²) in [4.78, 5) is 29.9. The van der Waals surface area contributed by atoms with E-state index >= 15 is 0 Å². The van der Waals surface area contributed by atoms with Gasteiger partial charge in [0, 0.05) is 46.4 Å². The molecule has 0 atom stereocenters. The molecule has 0 radical (unpaired) electrons. The van der Waals surface area contributed by atoms with Crippen molar-refractivity contribution in [2.24, 2.45) is 5.16 Å². The van der Waals surface area contributed by atoms with E-state index in [1.54, 1.807) is 0 Å². The van der Waals surface area contributed by atoms with E-state index in [0.29, 0.717) is 40.5 Å². The second kappa shape index (κ2) is 12.7. The third kappa shape index (κ3) is 7.20. The molecule has 194 valence electrons. The van der Waals surface area contributed by atoms with Gasteiger partial charge >= 0.3 is 0 Å². The fourth-order valence-electron chi connectivity index (χ4n) is 3.06. The Hall–Kier alpha value is -3.13. The number of aliphatic hydroxyl groups is 1. The first-order chi connectivity index (χ1) is 17.2. The van der Waals surface area contributed by atoms with E-state index in [0.717, 1.165) is 5.82 Å². The van der Waals surface area contributed by atoms with Gasteiger partial charge in [-0.05, 0) is 30.7 Å². The Morgan fingerprint density at radius 1 is 1.11 bits per heavy atom. The summed E-state index contributed by atoms with van der Waals surface area (Å²) in [5, 5.41) is 16.0. The number of hydrogen-bond donors (Lipinski definition) is 2. The lowest BCUT2D eigenvalue weighted by Gasteiger charge is -2.09. The van der Waals surface area contributed by atoms with Crippen molar-refractivity contribution in [2.45, 2.75) is 17.7 Å². The molecule has 0 bridgehead atoms. The monoisotopic (exact) mass is 535 g/mol. The number of aromatic nitrogens is 2. The van der Waals surface area contributed by atoms with Gasteiger partial charge in [0.2, 0.25) is 0 Å². The van der Waals surface area contributed by atoms with Gasteiger partial charge in [-0.1, -0.05) is 28.6 Å². The molecular formula is C23H29N5O6S2. The second-order valence-electron chi connectivity index (χ2n) is 7.90. The summed E-state index contributed by atoms with van der Waals surface area (Å²) in [6.07, 6.45) is 0.719.